The molecule has 0 spiro atoms. The van der Waals surface area contributed by atoms with Crippen molar-refractivity contribution in [3.8, 4) is 0 Å². The molecule has 3 aromatic carbocycles. The number of benzene rings is 3. The number of anilines is 1. The molecule has 6 nitrogen and oxygen atoms in total. The highest BCUT2D eigenvalue weighted by Gasteiger charge is 2.36. The highest BCUT2D eigenvalue weighted by Crippen LogP contribution is 2.37. The SMILES string of the molecule is CN(C)Cc1ccc(N=C(c2cccc(CNC(=O)C3CC3)c2)C2C(=O)Nc3cc(F)ccc32)cc1. The first-order valence-electron chi connectivity index (χ1n) is 12.2. The third-order valence-electron chi connectivity index (χ3n) is 6.44. The fourth-order valence-electron chi connectivity index (χ4n) is 4.50. The Bertz CT molecular complexity index is 1330. The number of nitrogens with one attached hydrogen (secondary N) is 2. The van der Waals surface area contributed by atoms with Gasteiger partial charge in [0.15, 0.2) is 0 Å². The molecule has 184 valence electrons. The van der Waals surface area contributed by atoms with Gasteiger partial charge in [-0.25, -0.2) is 4.39 Å². The Labute approximate surface area is 210 Å². The molecule has 5 rings (SSSR count). The Hall–Kier alpha value is -3.84. The topological polar surface area (TPSA) is 73.8 Å². The van der Waals surface area contributed by atoms with E-state index in [1.807, 2.05) is 62.6 Å². The number of hydrogen-bond acceptors (Lipinski definition) is 4. The van der Waals surface area contributed by atoms with Crippen LogP contribution >= 0.6 is 0 Å². The van der Waals surface area contributed by atoms with Crippen molar-refractivity contribution in [3.05, 3.63) is 94.8 Å². The predicted octanol–water partition coefficient (Wildman–Crippen LogP) is 4.77. The second-order valence-corrected chi connectivity index (χ2v) is 9.75. The molecular formula is C29H29FN4O2. The molecule has 1 saturated carbocycles. The number of halogens is 1. The van der Waals surface area contributed by atoms with E-state index in [0.29, 0.717) is 23.5 Å². The lowest BCUT2D eigenvalue weighted by molar-refractivity contribution is -0.122. The smallest absolute Gasteiger partial charge is 0.238 e. The maximum Gasteiger partial charge on any atom is 0.238 e. The van der Waals surface area contributed by atoms with E-state index in [2.05, 4.69) is 15.5 Å². The molecule has 1 unspecified atom stereocenters. The molecule has 0 bridgehead atoms. The fraction of sp³-hybridized carbons (Fsp3) is 0.276. The Morgan fingerprint density at radius 1 is 1.06 bits per heavy atom. The molecule has 2 aliphatic rings. The average molecular weight is 485 g/mol. The van der Waals surface area contributed by atoms with Crippen molar-refractivity contribution < 1.29 is 14.0 Å². The van der Waals surface area contributed by atoms with Gasteiger partial charge in [0.1, 0.15) is 11.7 Å². The van der Waals surface area contributed by atoms with E-state index in [4.69, 9.17) is 4.99 Å². The zero-order valence-electron chi connectivity index (χ0n) is 20.4. The molecular weight excluding hydrogens is 455 g/mol. The summed E-state index contributed by atoms with van der Waals surface area (Å²) in [5, 5.41) is 5.80. The highest BCUT2D eigenvalue weighted by molar-refractivity contribution is 6.24. The molecule has 1 aliphatic heterocycles. The van der Waals surface area contributed by atoms with Crippen LogP contribution in [0.3, 0.4) is 0 Å². The van der Waals surface area contributed by atoms with Crippen molar-refractivity contribution in [2.45, 2.75) is 31.8 Å². The van der Waals surface area contributed by atoms with Gasteiger partial charge >= 0.3 is 0 Å². The third kappa shape index (κ3) is 5.36. The molecule has 1 atom stereocenters. The van der Waals surface area contributed by atoms with Gasteiger partial charge in [0, 0.05) is 24.7 Å². The summed E-state index contributed by atoms with van der Waals surface area (Å²) in [7, 11) is 4.03. The first kappa shape index (κ1) is 23.9. The van der Waals surface area contributed by atoms with Crippen LogP contribution in [0.15, 0.2) is 71.7 Å². The van der Waals surface area contributed by atoms with Crippen LogP contribution in [-0.4, -0.2) is 36.5 Å². The van der Waals surface area contributed by atoms with Gasteiger partial charge in [-0.3, -0.25) is 14.6 Å². The van der Waals surface area contributed by atoms with Crippen molar-refractivity contribution in [1.29, 1.82) is 0 Å². The van der Waals surface area contributed by atoms with Crippen LogP contribution < -0.4 is 10.6 Å². The number of carbonyl (C=O) groups excluding carboxylic acids is 2. The Kier molecular flexibility index (Phi) is 6.65. The Morgan fingerprint density at radius 3 is 2.56 bits per heavy atom. The van der Waals surface area contributed by atoms with E-state index in [9.17, 15) is 14.0 Å². The molecule has 1 fully saturated rings. The standard InChI is InChI=1S/C29H29FN4O2/c1-34(2)17-18-6-11-23(12-7-18)32-27(26-24-13-10-22(30)15-25(24)33-29(26)36)21-5-3-4-19(14-21)16-31-28(35)20-8-9-20/h3-7,10-15,20,26H,8-9,16-17H2,1-2H3,(H,31,35)(H,33,36). The van der Waals surface area contributed by atoms with E-state index in [1.54, 1.807) is 6.07 Å². The monoisotopic (exact) mass is 484 g/mol. The van der Waals surface area contributed by atoms with Gasteiger partial charge in [-0.05, 0) is 79.5 Å². The van der Waals surface area contributed by atoms with Crippen LogP contribution in [-0.2, 0) is 22.7 Å². The summed E-state index contributed by atoms with van der Waals surface area (Å²) < 4.78 is 13.9. The van der Waals surface area contributed by atoms with Crippen LogP contribution in [0.4, 0.5) is 15.8 Å². The van der Waals surface area contributed by atoms with Crippen LogP contribution in [0.2, 0.25) is 0 Å². The lowest BCUT2D eigenvalue weighted by atomic mass is 9.90. The van der Waals surface area contributed by atoms with Gasteiger partial charge in [-0.2, -0.15) is 0 Å². The number of nitrogens with zero attached hydrogens (tertiary/aromatic N) is 2. The van der Waals surface area contributed by atoms with Gasteiger partial charge in [-0.1, -0.05) is 36.4 Å². The van der Waals surface area contributed by atoms with E-state index >= 15 is 0 Å². The number of carbonyl (C=O) groups is 2. The van der Waals surface area contributed by atoms with Crippen LogP contribution in [0, 0.1) is 11.7 Å². The quantitative estimate of drug-likeness (QED) is 0.453. The van der Waals surface area contributed by atoms with Crippen LogP contribution in [0.5, 0.6) is 0 Å². The van der Waals surface area contributed by atoms with Crippen LogP contribution in [0.25, 0.3) is 0 Å². The van der Waals surface area contributed by atoms with Gasteiger partial charge in [0.25, 0.3) is 0 Å². The molecule has 36 heavy (non-hydrogen) atoms. The van der Waals surface area contributed by atoms with Crippen molar-refractivity contribution in [2.24, 2.45) is 10.9 Å². The third-order valence-corrected chi connectivity index (χ3v) is 6.44. The van der Waals surface area contributed by atoms with Gasteiger partial charge in [0.05, 0.1) is 11.4 Å². The number of fused-ring (bicyclic) bond motifs is 1. The largest absolute Gasteiger partial charge is 0.352 e. The first-order valence-corrected chi connectivity index (χ1v) is 12.2. The molecule has 2 N–H and O–H groups in total. The Morgan fingerprint density at radius 2 is 1.83 bits per heavy atom. The molecule has 0 saturated heterocycles. The van der Waals surface area contributed by atoms with Crippen molar-refractivity contribution in [3.63, 3.8) is 0 Å². The number of rotatable bonds is 8. The minimum atomic E-state index is -0.682. The average Bonchev–Trinajstić information content (AvgIpc) is 3.65. The highest BCUT2D eigenvalue weighted by atomic mass is 19.1. The normalized spacial score (nSPS) is 17.2. The molecule has 1 aliphatic carbocycles. The van der Waals surface area contributed by atoms with Gasteiger partial charge < -0.3 is 15.5 Å². The maximum absolute atomic E-state index is 13.9. The summed E-state index contributed by atoms with van der Waals surface area (Å²) in [6, 6.07) is 20.0. The number of aliphatic imine (C=N–C) groups is 1. The summed E-state index contributed by atoms with van der Waals surface area (Å²) in [6.07, 6.45) is 1.90. The van der Waals surface area contributed by atoms with E-state index in [0.717, 1.165) is 41.8 Å². The minimum Gasteiger partial charge on any atom is -0.352 e. The lowest BCUT2D eigenvalue weighted by Gasteiger charge is -2.16. The summed E-state index contributed by atoms with van der Waals surface area (Å²) in [4.78, 5) is 32.3. The van der Waals surface area contributed by atoms with E-state index in [1.165, 1.54) is 12.1 Å². The zero-order valence-corrected chi connectivity index (χ0v) is 20.4. The summed E-state index contributed by atoms with van der Waals surface area (Å²) in [5.41, 5.74) is 5.32. The summed E-state index contributed by atoms with van der Waals surface area (Å²) in [5.74, 6) is -1.11. The fourth-order valence-corrected chi connectivity index (χ4v) is 4.50. The molecule has 0 radical (unpaired) electrons. The van der Waals surface area contributed by atoms with Crippen molar-refractivity contribution in [2.75, 3.05) is 19.4 Å². The second-order valence-electron chi connectivity index (χ2n) is 9.75. The van der Waals surface area contributed by atoms with Gasteiger partial charge in [0.2, 0.25) is 11.8 Å². The number of amides is 2. The van der Waals surface area contributed by atoms with Crippen molar-refractivity contribution >= 4 is 28.9 Å². The Balaban J connectivity index is 1.52. The predicted molar refractivity (Wildman–Crippen MR) is 139 cm³/mol. The zero-order chi connectivity index (χ0) is 25.2. The molecule has 7 heteroatoms. The van der Waals surface area contributed by atoms with Crippen LogP contribution in [0.1, 0.15) is 41.0 Å². The first-order chi connectivity index (χ1) is 17.4. The lowest BCUT2D eigenvalue weighted by Crippen LogP contribution is -2.25. The molecule has 3 aromatic rings. The number of hydrogen-bond donors (Lipinski definition) is 2. The molecule has 2 amide bonds. The minimum absolute atomic E-state index is 0.0817. The summed E-state index contributed by atoms with van der Waals surface area (Å²) in [6.45, 7) is 1.23. The van der Waals surface area contributed by atoms with Crippen molar-refractivity contribution in [1.82, 2.24) is 10.2 Å². The molecule has 0 aromatic heterocycles. The molecule has 1 heterocycles. The maximum atomic E-state index is 13.9. The second kappa shape index (κ2) is 10.0. The van der Waals surface area contributed by atoms with Gasteiger partial charge in [-0.15, -0.1) is 0 Å². The summed E-state index contributed by atoms with van der Waals surface area (Å²) >= 11 is 0. The van der Waals surface area contributed by atoms with E-state index in [-0.39, 0.29) is 17.7 Å². The van der Waals surface area contributed by atoms with E-state index < -0.39 is 11.7 Å².